The van der Waals surface area contributed by atoms with E-state index in [2.05, 4.69) is 4.98 Å². The highest BCUT2D eigenvalue weighted by molar-refractivity contribution is 6.12. The van der Waals surface area contributed by atoms with E-state index in [4.69, 9.17) is 0 Å². The van der Waals surface area contributed by atoms with Crippen LogP contribution in [0, 0.1) is 0 Å². The molecule has 3 nitrogen and oxygen atoms in total. The van der Waals surface area contributed by atoms with Crippen molar-refractivity contribution in [1.29, 1.82) is 0 Å². The summed E-state index contributed by atoms with van der Waals surface area (Å²) in [6.07, 6.45) is 0. The Hall–Kier alpha value is -2.42. The molecule has 0 atom stereocenters. The number of hydrogen-bond acceptors (Lipinski definition) is 2. The van der Waals surface area contributed by atoms with Crippen LogP contribution in [0.3, 0.4) is 0 Å². The van der Waals surface area contributed by atoms with Crippen molar-refractivity contribution in [3.05, 3.63) is 47.5 Å². The van der Waals surface area contributed by atoms with Gasteiger partial charge in [-0.15, -0.1) is 0 Å². The number of H-pyrrole nitrogens is 1. The minimum Gasteiger partial charge on any atom is -0.355 e. The van der Waals surface area contributed by atoms with Gasteiger partial charge in [-0.2, -0.15) is 0 Å². The molecule has 0 unspecified atom stereocenters. The van der Waals surface area contributed by atoms with Gasteiger partial charge in [0.1, 0.15) is 0 Å². The number of aromatic amines is 1. The van der Waals surface area contributed by atoms with Crippen LogP contribution in [0.1, 0.15) is 48.4 Å². The highest BCUT2D eigenvalue weighted by Crippen LogP contribution is 2.27. The average molecular weight is 281 g/mol. The van der Waals surface area contributed by atoms with Crippen LogP contribution in [0.2, 0.25) is 0 Å². The molecule has 0 aliphatic carbocycles. The van der Waals surface area contributed by atoms with Crippen molar-refractivity contribution in [2.75, 3.05) is 0 Å². The van der Waals surface area contributed by atoms with Crippen molar-refractivity contribution in [2.24, 2.45) is 0 Å². The number of aromatic nitrogens is 1. The molecule has 0 radical (unpaired) electrons. The standard InChI is InChI=1S/C16H13NO2.C2H6/c1-9(18)11-3-5-15-13(7-11)14-8-12(10(2)19)4-6-16(14)17-15;1-2/h3-8,17H,1-2H3;1-2H3. The lowest BCUT2D eigenvalue weighted by Crippen LogP contribution is -1.91. The van der Waals surface area contributed by atoms with E-state index in [9.17, 15) is 9.59 Å². The Morgan fingerprint density at radius 2 is 1.14 bits per heavy atom. The van der Waals surface area contributed by atoms with Crippen molar-refractivity contribution in [3.8, 4) is 0 Å². The SMILES string of the molecule is CC.CC(=O)c1ccc2[nH]c3ccc(C(C)=O)cc3c2c1. The molecule has 1 aromatic heterocycles. The molecule has 3 heteroatoms. The molecule has 0 saturated heterocycles. The maximum absolute atomic E-state index is 11.5. The fraction of sp³-hybridized carbons (Fsp3) is 0.222. The number of benzene rings is 2. The average Bonchev–Trinajstić information content (AvgIpc) is 2.85. The Bertz CT molecular complexity index is 759. The van der Waals surface area contributed by atoms with Gasteiger partial charge in [0.25, 0.3) is 0 Å². The van der Waals surface area contributed by atoms with Crippen LogP contribution in [-0.2, 0) is 0 Å². The van der Waals surface area contributed by atoms with E-state index in [0.29, 0.717) is 11.1 Å². The fourth-order valence-electron chi connectivity index (χ4n) is 2.34. The van der Waals surface area contributed by atoms with Gasteiger partial charge in [0.2, 0.25) is 0 Å². The molecule has 2 aromatic carbocycles. The number of nitrogens with one attached hydrogen (secondary N) is 1. The van der Waals surface area contributed by atoms with Crippen molar-refractivity contribution < 1.29 is 9.59 Å². The summed E-state index contributed by atoms with van der Waals surface area (Å²) < 4.78 is 0. The molecule has 0 spiro atoms. The molecule has 0 bridgehead atoms. The van der Waals surface area contributed by atoms with E-state index < -0.39 is 0 Å². The van der Waals surface area contributed by atoms with Crippen molar-refractivity contribution in [1.82, 2.24) is 4.98 Å². The van der Waals surface area contributed by atoms with E-state index in [1.165, 1.54) is 0 Å². The minimum absolute atomic E-state index is 0.0407. The molecule has 0 fully saturated rings. The normalized spacial score (nSPS) is 10.3. The molecule has 0 aliphatic heterocycles. The second-order valence-corrected chi connectivity index (χ2v) is 4.76. The van der Waals surface area contributed by atoms with Gasteiger partial charge in [-0.25, -0.2) is 0 Å². The Balaban J connectivity index is 0.000000774. The number of carbonyl (C=O) groups is 2. The third kappa shape index (κ3) is 2.72. The number of carbonyl (C=O) groups excluding carboxylic acids is 2. The van der Waals surface area contributed by atoms with Gasteiger partial charge in [-0.1, -0.05) is 13.8 Å². The maximum Gasteiger partial charge on any atom is 0.159 e. The maximum atomic E-state index is 11.5. The van der Waals surface area contributed by atoms with Gasteiger partial charge in [-0.05, 0) is 50.2 Å². The van der Waals surface area contributed by atoms with Crippen LogP contribution in [0.4, 0.5) is 0 Å². The molecule has 0 saturated carbocycles. The zero-order chi connectivity index (χ0) is 15.6. The van der Waals surface area contributed by atoms with Crippen LogP contribution in [0.25, 0.3) is 21.8 Å². The summed E-state index contributed by atoms with van der Waals surface area (Å²) in [6, 6.07) is 11.2. The summed E-state index contributed by atoms with van der Waals surface area (Å²) >= 11 is 0. The Morgan fingerprint density at radius 1 is 0.762 bits per heavy atom. The van der Waals surface area contributed by atoms with Crippen LogP contribution >= 0.6 is 0 Å². The number of hydrogen-bond donors (Lipinski definition) is 1. The van der Waals surface area contributed by atoms with E-state index >= 15 is 0 Å². The Labute approximate surface area is 124 Å². The minimum atomic E-state index is 0.0407. The first-order valence-electron chi connectivity index (χ1n) is 7.13. The number of Topliss-reactive ketones (excluding diaryl/α,β-unsaturated/α-hetero) is 2. The predicted octanol–water partition coefficient (Wildman–Crippen LogP) is 4.75. The summed E-state index contributed by atoms with van der Waals surface area (Å²) in [4.78, 5) is 26.2. The molecule has 21 heavy (non-hydrogen) atoms. The lowest BCUT2D eigenvalue weighted by atomic mass is 10.0. The number of ketones is 2. The molecule has 3 aromatic rings. The molecular weight excluding hydrogens is 262 g/mol. The lowest BCUT2D eigenvalue weighted by Gasteiger charge is -1.98. The van der Waals surface area contributed by atoms with Crippen LogP contribution in [-0.4, -0.2) is 16.6 Å². The predicted molar refractivity (Wildman–Crippen MR) is 87.2 cm³/mol. The quantitative estimate of drug-likeness (QED) is 0.689. The van der Waals surface area contributed by atoms with Crippen molar-refractivity contribution in [3.63, 3.8) is 0 Å². The second-order valence-electron chi connectivity index (χ2n) is 4.76. The monoisotopic (exact) mass is 281 g/mol. The van der Waals surface area contributed by atoms with E-state index in [0.717, 1.165) is 21.8 Å². The summed E-state index contributed by atoms with van der Waals surface area (Å²) in [5.41, 5.74) is 3.31. The van der Waals surface area contributed by atoms with Gasteiger partial charge >= 0.3 is 0 Å². The first kappa shape index (κ1) is 15.0. The second kappa shape index (κ2) is 5.92. The highest BCUT2D eigenvalue weighted by atomic mass is 16.1. The van der Waals surface area contributed by atoms with E-state index in [-0.39, 0.29) is 11.6 Å². The van der Waals surface area contributed by atoms with Crippen LogP contribution in [0.15, 0.2) is 36.4 Å². The summed E-state index contributed by atoms with van der Waals surface area (Å²) in [5, 5.41) is 1.96. The number of rotatable bonds is 2. The molecule has 1 N–H and O–H groups in total. The summed E-state index contributed by atoms with van der Waals surface area (Å²) in [6.45, 7) is 7.11. The largest absolute Gasteiger partial charge is 0.355 e. The summed E-state index contributed by atoms with van der Waals surface area (Å²) in [5.74, 6) is 0.0814. The fourth-order valence-corrected chi connectivity index (χ4v) is 2.34. The zero-order valence-corrected chi connectivity index (χ0v) is 12.8. The van der Waals surface area contributed by atoms with Crippen molar-refractivity contribution in [2.45, 2.75) is 27.7 Å². The van der Waals surface area contributed by atoms with Gasteiger partial charge < -0.3 is 4.98 Å². The topological polar surface area (TPSA) is 49.9 Å². The van der Waals surface area contributed by atoms with Gasteiger partial charge in [0.05, 0.1) is 0 Å². The zero-order valence-electron chi connectivity index (χ0n) is 12.8. The third-order valence-corrected chi connectivity index (χ3v) is 3.41. The number of fused-ring (bicyclic) bond motifs is 3. The molecule has 0 aliphatic rings. The Kier molecular flexibility index (Phi) is 4.22. The van der Waals surface area contributed by atoms with Crippen LogP contribution < -0.4 is 0 Å². The highest BCUT2D eigenvalue weighted by Gasteiger charge is 2.09. The van der Waals surface area contributed by atoms with Crippen LogP contribution in [0.5, 0.6) is 0 Å². The van der Waals surface area contributed by atoms with E-state index in [1.807, 2.05) is 50.2 Å². The first-order chi connectivity index (χ1) is 10.1. The van der Waals surface area contributed by atoms with Gasteiger partial charge in [0, 0.05) is 32.9 Å². The molecular formula is C18H19NO2. The smallest absolute Gasteiger partial charge is 0.159 e. The molecule has 3 rings (SSSR count). The third-order valence-electron chi connectivity index (χ3n) is 3.41. The molecule has 108 valence electrons. The summed E-state index contributed by atoms with van der Waals surface area (Å²) in [7, 11) is 0. The lowest BCUT2D eigenvalue weighted by molar-refractivity contribution is 0.100. The molecule has 0 amide bonds. The van der Waals surface area contributed by atoms with Gasteiger partial charge in [0.15, 0.2) is 11.6 Å². The molecule has 1 heterocycles. The van der Waals surface area contributed by atoms with Crippen molar-refractivity contribution >= 4 is 33.4 Å². The first-order valence-corrected chi connectivity index (χ1v) is 7.13. The van der Waals surface area contributed by atoms with Gasteiger partial charge in [-0.3, -0.25) is 9.59 Å². The van der Waals surface area contributed by atoms with E-state index in [1.54, 1.807) is 13.8 Å². The Morgan fingerprint density at radius 3 is 1.48 bits per heavy atom.